The van der Waals surface area contributed by atoms with Crippen LogP contribution in [0, 0.1) is 0 Å². The van der Waals surface area contributed by atoms with Gasteiger partial charge in [-0.3, -0.25) is 0 Å². The van der Waals surface area contributed by atoms with E-state index in [1.807, 2.05) is 12.1 Å². The average molecular weight is 374 g/mol. The Bertz CT molecular complexity index is 735. The van der Waals surface area contributed by atoms with Gasteiger partial charge in [-0.15, -0.1) is 0 Å². The first-order chi connectivity index (χ1) is 9.44. The first-order valence-corrected chi connectivity index (χ1v) is 8.65. The van der Waals surface area contributed by atoms with Gasteiger partial charge in [-0.1, -0.05) is 11.8 Å². The molecule has 0 spiro atoms. The maximum absolute atomic E-state index is 11.7. The summed E-state index contributed by atoms with van der Waals surface area (Å²) < 4.78 is 26.5. The van der Waals surface area contributed by atoms with Crippen molar-refractivity contribution in [2.24, 2.45) is 0 Å². The molecule has 1 aromatic heterocycles. The lowest BCUT2D eigenvalue weighted by Crippen LogP contribution is -2.18. The summed E-state index contributed by atoms with van der Waals surface area (Å²) in [4.78, 5) is 5.12. The van der Waals surface area contributed by atoms with E-state index in [0.717, 1.165) is 14.4 Å². The number of aromatic nitrogens is 1. The summed E-state index contributed by atoms with van der Waals surface area (Å²) in [7, 11) is -2.12. The zero-order chi connectivity index (χ0) is 14.8. The maximum Gasteiger partial charge on any atom is 0.240 e. The van der Waals surface area contributed by atoms with Gasteiger partial charge < -0.3 is 5.73 Å². The Kier molecular flexibility index (Phi) is 4.69. The zero-order valence-corrected chi connectivity index (χ0v) is 13.7. The minimum Gasteiger partial charge on any atom is -0.398 e. The molecule has 0 fully saturated rings. The summed E-state index contributed by atoms with van der Waals surface area (Å²) in [5.41, 5.74) is 6.31. The predicted molar refractivity (Wildman–Crippen MR) is 83.2 cm³/mol. The fraction of sp³-hybridized carbons (Fsp3) is 0.0833. The van der Waals surface area contributed by atoms with Crippen molar-refractivity contribution in [2.45, 2.75) is 14.8 Å². The molecule has 0 atom stereocenters. The number of nitrogen functional groups attached to an aromatic ring is 1. The average Bonchev–Trinajstić information content (AvgIpc) is 2.43. The van der Waals surface area contributed by atoms with Crippen molar-refractivity contribution in [2.75, 3.05) is 12.8 Å². The van der Waals surface area contributed by atoms with E-state index < -0.39 is 10.0 Å². The molecule has 0 radical (unpaired) electrons. The van der Waals surface area contributed by atoms with Gasteiger partial charge in [0.05, 0.1) is 9.37 Å². The van der Waals surface area contributed by atoms with E-state index in [1.165, 1.54) is 30.9 Å². The fourth-order valence-corrected chi connectivity index (χ4v) is 3.52. The van der Waals surface area contributed by atoms with Crippen molar-refractivity contribution in [1.29, 1.82) is 0 Å². The van der Waals surface area contributed by atoms with Crippen molar-refractivity contribution in [3.63, 3.8) is 0 Å². The number of anilines is 1. The van der Waals surface area contributed by atoms with Crippen LogP contribution in [0.15, 0.2) is 55.8 Å². The molecule has 1 aromatic carbocycles. The predicted octanol–water partition coefficient (Wildman–Crippen LogP) is 2.49. The lowest BCUT2D eigenvalue weighted by atomic mass is 10.3. The molecular weight excluding hydrogens is 362 g/mol. The minimum atomic E-state index is -3.48. The van der Waals surface area contributed by atoms with Gasteiger partial charge in [0.25, 0.3) is 0 Å². The lowest BCUT2D eigenvalue weighted by Gasteiger charge is -2.08. The van der Waals surface area contributed by atoms with Gasteiger partial charge in [-0.05, 0) is 53.3 Å². The third kappa shape index (κ3) is 3.32. The van der Waals surface area contributed by atoms with Crippen molar-refractivity contribution in [1.82, 2.24) is 9.71 Å². The third-order valence-corrected chi connectivity index (χ3v) is 5.92. The van der Waals surface area contributed by atoms with E-state index in [9.17, 15) is 8.42 Å². The molecule has 2 aromatic rings. The topological polar surface area (TPSA) is 85.1 Å². The van der Waals surface area contributed by atoms with Crippen LogP contribution in [0.3, 0.4) is 0 Å². The summed E-state index contributed by atoms with van der Waals surface area (Å²) in [6, 6.07) is 8.32. The summed E-state index contributed by atoms with van der Waals surface area (Å²) >= 11 is 4.78. The Labute approximate surface area is 130 Å². The number of nitrogens with one attached hydrogen (secondary N) is 1. The molecule has 0 aliphatic heterocycles. The van der Waals surface area contributed by atoms with Gasteiger partial charge in [0.15, 0.2) is 0 Å². The van der Waals surface area contributed by atoms with Gasteiger partial charge in [0.1, 0.15) is 5.03 Å². The second-order valence-electron chi connectivity index (χ2n) is 3.80. The number of nitrogens with two attached hydrogens (primary N) is 1. The number of nitrogens with zero attached hydrogens (tertiary/aromatic N) is 1. The number of rotatable bonds is 4. The molecule has 106 valence electrons. The quantitative estimate of drug-likeness (QED) is 0.804. The number of hydrogen-bond acceptors (Lipinski definition) is 5. The molecule has 0 aliphatic rings. The highest BCUT2D eigenvalue weighted by atomic mass is 79.9. The highest BCUT2D eigenvalue weighted by Gasteiger charge is 2.14. The van der Waals surface area contributed by atoms with Crippen LogP contribution in [0.25, 0.3) is 0 Å². The summed E-state index contributed by atoms with van der Waals surface area (Å²) in [6.45, 7) is 0. The van der Waals surface area contributed by atoms with E-state index in [-0.39, 0.29) is 4.90 Å². The first kappa shape index (κ1) is 15.3. The van der Waals surface area contributed by atoms with Crippen LogP contribution in [0.5, 0.6) is 0 Å². The lowest BCUT2D eigenvalue weighted by molar-refractivity contribution is 0.588. The van der Waals surface area contributed by atoms with Gasteiger partial charge >= 0.3 is 0 Å². The smallest absolute Gasteiger partial charge is 0.240 e. The van der Waals surface area contributed by atoms with Crippen LogP contribution in [0.4, 0.5) is 5.69 Å². The molecule has 0 saturated carbocycles. The molecule has 8 heteroatoms. The van der Waals surface area contributed by atoms with E-state index in [1.54, 1.807) is 12.3 Å². The Morgan fingerprint density at radius 2 is 2.10 bits per heavy atom. The fourth-order valence-electron chi connectivity index (χ4n) is 1.45. The number of sulfonamides is 1. The van der Waals surface area contributed by atoms with Crippen molar-refractivity contribution >= 4 is 43.4 Å². The Balaban J connectivity index is 2.34. The summed E-state index contributed by atoms with van der Waals surface area (Å²) in [5.74, 6) is 0. The molecule has 0 amide bonds. The standard InChI is InChI=1S/C12H12BrN3O2S2/c1-15-20(17,18)8-4-5-11(10(14)7-8)19-12-9(13)3-2-6-16-12/h2-7,15H,14H2,1H3. The summed E-state index contributed by atoms with van der Waals surface area (Å²) in [5, 5.41) is 0.767. The number of benzene rings is 1. The van der Waals surface area contributed by atoms with Crippen LogP contribution < -0.4 is 10.5 Å². The number of halogens is 1. The number of hydrogen-bond donors (Lipinski definition) is 2. The van der Waals surface area contributed by atoms with E-state index >= 15 is 0 Å². The normalized spacial score (nSPS) is 11.5. The van der Waals surface area contributed by atoms with Crippen LogP contribution in [0.2, 0.25) is 0 Å². The molecule has 1 heterocycles. The van der Waals surface area contributed by atoms with Crippen LogP contribution in [-0.2, 0) is 10.0 Å². The molecule has 0 aliphatic carbocycles. The van der Waals surface area contributed by atoms with E-state index in [4.69, 9.17) is 5.73 Å². The monoisotopic (exact) mass is 373 g/mol. The minimum absolute atomic E-state index is 0.141. The highest BCUT2D eigenvalue weighted by Crippen LogP contribution is 2.35. The molecule has 0 unspecified atom stereocenters. The summed E-state index contributed by atoms with van der Waals surface area (Å²) in [6.07, 6.45) is 1.68. The first-order valence-electron chi connectivity index (χ1n) is 5.55. The Hall–Kier alpha value is -1.09. The zero-order valence-electron chi connectivity index (χ0n) is 10.5. The van der Waals surface area contributed by atoms with Gasteiger partial charge in [0, 0.05) is 16.8 Å². The van der Waals surface area contributed by atoms with Crippen molar-refractivity contribution in [3.05, 3.63) is 41.0 Å². The largest absolute Gasteiger partial charge is 0.398 e. The van der Waals surface area contributed by atoms with Crippen molar-refractivity contribution in [3.8, 4) is 0 Å². The van der Waals surface area contributed by atoms with Gasteiger partial charge in [0.2, 0.25) is 10.0 Å². The number of pyridine rings is 1. The van der Waals surface area contributed by atoms with E-state index in [0.29, 0.717) is 5.69 Å². The second kappa shape index (κ2) is 6.13. The second-order valence-corrected chi connectivity index (χ2v) is 7.57. The van der Waals surface area contributed by atoms with Gasteiger partial charge in [-0.25, -0.2) is 18.1 Å². The third-order valence-electron chi connectivity index (χ3n) is 2.49. The van der Waals surface area contributed by atoms with Gasteiger partial charge in [-0.2, -0.15) is 0 Å². The molecular formula is C12H12BrN3O2S2. The molecule has 0 saturated heterocycles. The highest BCUT2D eigenvalue weighted by molar-refractivity contribution is 9.10. The van der Waals surface area contributed by atoms with Crippen molar-refractivity contribution < 1.29 is 8.42 Å². The molecule has 3 N–H and O–H groups in total. The molecule has 2 rings (SSSR count). The van der Waals surface area contributed by atoms with Crippen LogP contribution in [-0.4, -0.2) is 20.4 Å². The Morgan fingerprint density at radius 1 is 1.35 bits per heavy atom. The molecule has 0 bridgehead atoms. The van der Waals surface area contributed by atoms with Crippen LogP contribution >= 0.6 is 27.7 Å². The Morgan fingerprint density at radius 3 is 2.70 bits per heavy atom. The molecule has 5 nitrogen and oxygen atoms in total. The van der Waals surface area contributed by atoms with E-state index in [2.05, 4.69) is 25.6 Å². The van der Waals surface area contributed by atoms with Crippen LogP contribution in [0.1, 0.15) is 0 Å². The maximum atomic E-state index is 11.7. The molecule has 20 heavy (non-hydrogen) atoms. The SMILES string of the molecule is CNS(=O)(=O)c1ccc(Sc2ncccc2Br)c(N)c1.